The van der Waals surface area contributed by atoms with E-state index >= 15 is 0 Å². The molecule has 1 atom stereocenters. The Labute approximate surface area is 218 Å². The van der Waals surface area contributed by atoms with Crippen molar-refractivity contribution < 1.29 is 36.3 Å². The van der Waals surface area contributed by atoms with Crippen molar-refractivity contribution in [2.45, 2.75) is 44.7 Å². The highest BCUT2D eigenvalue weighted by molar-refractivity contribution is 7.89. The summed E-state index contributed by atoms with van der Waals surface area (Å²) in [5, 5.41) is 11.2. The van der Waals surface area contributed by atoms with E-state index in [2.05, 4.69) is 4.98 Å². The van der Waals surface area contributed by atoms with Crippen molar-refractivity contribution in [2.75, 3.05) is 18.8 Å². The molecule has 2 aromatic carbocycles. The van der Waals surface area contributed by atoms with Gasteiger partial charge in [-0.15, -0.1) is 0 Å². The van der Waals surface area contributed by atoms with E-state index in [1.807, 2.05) is 37.3 Å². The zero-order valence-corrected chi connectivity index (χ0v) is 21.5. The van der Waals surface area contributed by atoms with Crippen molar-refractivity contribution in [3.63, 3.8) is 0 Å². The minimum atomic E-state index is -4.57. The fourth-order valence-corrected chi connectivity index (χ4v) is 6.32. The first-order valence-electron chi connectivity index (χ1n) is 12.0. The van der Waals surface area contributed by atoms with Crippen LogP contribution in [0.15, 0.2) is 54.6 Å². The molecule has 1 saturated heterocycles. The third-order valence-corrected chi connectivity index (χ3v) is 8.51. The number of hydrogen-bond donors (Lipinski definition) is 1. The van der Waals surface area contributed by atoms with E-state index < -0.39 is 33.6 Å². The first-order valence-corrected chi connectivity index (χ1v) is 13.6. The van der Waals surface area contributed by atoms with Gasteiger partial charge in [0, 0.05) is 24.2 Å². The lowest BCUT2D eigenvalue weighted by Gasteiger charge is -2.33. The number of hydrogen-bond acceptors (Lipinski definition) is 6. The lowest BCUT2D eigenvalue weighted by molar-refractivity contribution is -0.159. The number of aryl methyl sites for hydroxylation is 1. The molecule has 1 aliphatic rings. The number of piperidine rings is 1. The molecule has 12 heteroatoms. The van der Waals surface area contributed by atoms with E-state index in [0.29, 0.717) is 19.4 Å². The molecule has 0 aliphatic carbocycles. The molecule has 0 bridgehead atoms. The third-order valence-electron chi connectivity index (χ3n) is 6.62. The molecule has 1 amide bonds. The number of nitrogens with zero attached hydrogens (tertiary/aromatic N) is 3. The van der Waals surface area contributed by atoms with Crippen LogP contribution < -0.4 is 0 Å². The minimum Gasteiger partial charge on any atom is -0.373 e. The van der Waals surface area contributed by atoms with Gasteiger partial charge in [0.2, 0.25) is 16.4 Å². The molecular formula is C26H28F3N3O5S. The molecule has 1 unspecified atom stereocenters. The first-order chi connectivity index (χ1) is 18.0. The van der Waals surface area contributed by atoms with Crippen LogP contribution in [0, 0.1) is 6.92 Å². The van der Waals surface area contributed by atoms with Crippen LogP contribution in [0.5, 0.6) is 0 Å². The summed E-state index contributed by atoms with van der Waals surface area (Å²) in [6.45, 7) is 2.62. The Kier molecular flexibility index (Phi) is 8.36. The van der Waals surface area contributed by atoms with Crippen molar-refractivity contribution in [3.05, 3.63) is 77.0 Å². The van der Waals surface area contributed by atoms with Crippen LogP contribution in [0.1, 0.15) is 41.3 Å². The van der Waals surface area contributed by atoms with Gasteiger partial charge >= 0.3 is 6.18 Å². The minimum absolute atomic E-state index is 0.0302. The third kappa shape index (κ3) is 6.49. The molecule has 0 spiro atoms. The molecule has 0 radical (unpaired) electrons. The highest BCUT2D eigenvalue weighted by atomic mass is 32.2. The predicted octanol–water partition coefficient (Wildman–Crippen LogP) is 4.46. The zero-order valence-electron chi connectivity index (χ0n) is 20.6. The lowest BCUT2D eigenvalue weighted by atomic mass is 10.1. The molecule has 38 heavy (non-hydrogen) atoms. The van der Waals surface area contributed by atoms with Crippen LogP contribution in [0.25, 0.3) is 10.9 Å². The molecule has 2 heterocycles. The van der Waals surface area contributed by atoms with E-state index in [0.717, 1.165) is 46.4 Å². The van der Waals surface area contributed by atoms with Gasteiger partial charge in [-0.25, -0.2) is 17.8 Å². The number of fused-ring (bicyclic) bond motifs is 1. The predicted molar refractivity (Wildman–Crippen MR) is 134 cm³/mol. The summed E-state index contributed by atoms with van der Waals surface area (Å²) >= 11 is 0. The van der Waals surface area contributed by atoms with Gasteiger partial charge in [-0.2, -0.15) is 13.2 Å². The second kappa shape index (κ2) is 11.4. The van der Waals surface area contributed by atoms with Crippen LogP contribution in [-0.2, 0) is 32.3 Å². The molecule has 3 aromatic rings. The molecule has 1 aliphatic heterocycles. The van der Waals surface area contributed by atoms with Crippen LogP contribution in [-0.4, -0.2) is 59.3 Å². The maximum Gasteiger partial charge on any atom is 0.416 e. The summed E-state index contributed by atoms with van der Waals surface area (Å²) in [6, 6.07) is 12.0. The second-order valence-corrected chi connectivity index (χ2v) is 11.3. The average Bonchev–Trinajstić information content (AvgIpc) is 2.89. The van der Waals surface area contributed by atoms with Gasteiger partial charge in [0.15, 0.2) is 0 Å². The van der Waals surface area contributed by atoms with Gasteiger partial charge in [0.1, 0.15) is 0 Å². The van der Waals surface area contributed by atoms with Gasteiger partial charge in [-0.3, -0.25) is 15.0 Å². The van der Waals surface area contributed by atoms with Crippen molar-refractivity contribution in [1.82, 2.24) is 14.4 Å². The second-order valence-electron chi connectivity index (χ2n) is 9.25. The number of alkyl halides is 3. The number of halogens is 3. The fraction of sp³-hybridized carbons (Fsp3) is 0.385. The van der Waals surface area contributed by atoms with Crippen molar-refractivity contribution in [3.8, 4) is 0 Å². The number of carbonyl (C=O) groups is 1. The largest absolute Gasteiger partial charge is 0.416 e. The number of sulfonamides is 1. The normalized spacial score (nSPS) is 16.4. The topological polar surface area (TPSA) is 100 Å². The Bertz CT molecular complexity index is 1380. The number of para-hydroxylation sites is 1. The maximum absolute atomic E-state index is 13.1. The number of rotatable bonds is 9. The number of aromatic nitrogens is 1. The SMILES string of the molecule is Cc1cc(COC2CCN(S(=O)(=O)CC(c3ccc(C(F)(F)F)cc3)N(O)C=O)CC2)c2ccccc2n1. The number of pyridine rings is 1. The molecule has 1 N–H and O–H groups in total. The molecule has 4 rings (SSSR count). The Balaban J connectivity index is 1.39. The summed E-state index contributed by atoms with van der Waals surface area (Å²) in [4.78, 5) is 15.7. The lowest BCUT2D eigenvalue weighted by Crippen LogP contribution is -2.44. The first kappa shape index (κ1) is 28.0. The monoisotopic (exact) mass is 551 g/mol. The Morgan fingerprint density at radius 1 is 1.16 bits per heavy atom. The Hall–Kier alpha value is -3.06. The number of amides is 1. The van der Waals surface area contributed by atoms with Crippen LogP contribution >= 0.6 is 0 Å². The molecule has 0 saturated carbocycles. The van der Waals surface area contributed by atoms with Crippen molar-refractivity contribution in [1.29, 1.82) is 0 Å². The summed E-state index contributed by atoms with van der Waals surface area (Å²) in [5.74, 6) is -0.679. The van der Waals surface area contributed by atoms with E-state index in [-0.39, 0.29) is 36.2 Å². The summed E-state index contributed by atoms with van der Waals surface area (Å²) in [7, 11) is -3.96. The van der Waals surface area contributed by atoms with Crippen LogP contribution in [0.3, 0.4) is 0 Å². The quantitative estimate of drug-likeness (QED) is 0.240. The molecule has 204 valence electrons. The molecule has 1 aromatic heterocycles. The van der Waals surface area contributed by atoms with Gasteiger partial charge in [-0.05, 0) is 55.2 Å². The van der Waals surface area contributed by atoms with Crippen molar-refractivity contribution >= 4 is 27.3 Å². The zero-order chi connectivity index (χ0) is 27.5. The number of hydroxylamine groups is 2. The van der Waals surface area contributed by atoms with Crippen LogP contribution in [0.2, 0.25) is 0 Å². The van der Waals surface area contributed by atoms with E-state index in [4.69, 9.17) is 4.74 Å². The van der Waals surface area contributed by atoms with Gasteiger partial charge in [-0.1, -0.05) is 30.3 Å². The van der Waals surface area contributed by atoms with E-state index in [1.54, 1.807) is 0 Å². The Morgan fingerprint density at radius 3 is 2.45 bits per heavy atom. The van der Waals surface area contributed by atoms with Gasteiger partial charge in [0.05, 0.1) is 35.6 Å². The summed E-state index contributed by atoms with van der Waals surface area (Å²) in [6.07, 6.45) is -3.81. The number of benzene rings is 2. The van der Waals surface area contributed by atoms with Crippen LogP contribution in [0.4, 0.5) is 13.2 Å². The van der Waals surface area contributed by atoms with Gasteiger partial charge in [0.25, 0.3) is 0 Å². The standard InChI is InChI=1S/C26H28F3N3O5S/c1-18-14-20(23-4-2-3-5-24(23)30-18)15-37-22-10-12-31(13-11-22)38(35,36)16-25(32(34)17-33)19-6-8-21(9-7-19)26(27,28)29/h2-9,14,17,22,25,34H,10-13,15-16H2,1H3. The maximum atomic E-state index is 13.1. The Morgan fingerprint density at radius 2 is 1.82 bits per heavy atom. The number of ether oxygens (including phenoxy) is 1. The number of carbonyl (C=O) groups excluding carboxylic acids is 1. The summed E-state index contributed by atoms with van der Waals surface area (Å²) < 4.78 is 72.3. The average molecular weight is 552 g/mol. The molecule has 1 fully saturated rings. The van der Waals surface area contributed by atoms with Gasteiger partial charge < -0.3 is 4.74 Å². The molecular weight excluding hydrogens is 523 g/mol. The highest BCUT2D eigenvalue weighted by Crippen LogP contribution is 2.31. The highest BCUT2D eigenvalue weighted by Gasteiger charge is 2.34. The van der Waals surface area contributed by atoms with E-state index in [1.165, 1.54) is 4.31 Å². The summed E-state index contributed by atoms with van der Waals surface area (Å²) in [5.41, 5.74) is 1.89. The molecule has 8 nitrogen and oxygen atoms in total. The van der Waals surface area contributed by atoms with Crippen molar-refractivity contribution in [2.24, 2.45) is 0 Å². The smallest absolute Gasteiger partial charge is 0.373 e. The van der Waals surface area contributed by atoms with E-state index in [9.17, 15) is 31.6 Å². The fourth-order valence-electron chi connectivity index (χ4n) is 4.60.